The number of nitrogens with zero attached hydrogens (tertiary/aromatic N) is 1. The van der Waals surface area contributed by atoms with Crippen molar-refractivity contribution in [3.63, 3.8) is 0 Å². The molecule has 0 aliphatic carbocycles. The average Bonchev–Trinajstić information content (AvgIpc) is 2.45. The second-order valence-electron chi connectivity index (χ2n) is 4.02. The Hall–Kier alpha value is -2.70. The van der Waals surface area contributed by atoms with E-state index in [2.05, 4.69) is 4.98 Å². The molecule has 21 heavy (non-hydrogen) atoms. The summed E-state index contributed by atoms with van der Waals surface area (Å²) in [6.45, 7) is 1.81. The Morgan fingerprint density at radius 2 is 2.05 bits per heavy atom. The molecule has 0 unspecified atom stereocenters. The van der Waals surface area contributed by atoms with Crippen molar-refractivity contribution in [3.05, 3.63) is 47.7 Å². The topological polar surface area (TPSA) is 74.4 Å². The van der Waals surface area contributed by atoms with E-state index >= 15 is 0 Å². The van der Waals surface area contributed by atoms with Crippen LogP contribution in [0.25, 0.3) is 0 Å². The van der Waals surface area contributed by atoms with E-state index in [-0.39, 0.29) is 29.5 Å². The highest BCUT2D eigenvalue weighted by Crippen LogP contribution is 2.26. The maximum Gasteiger partial charge on any atom is 0.343 e. The SMILES string of the molecule is CCOC(=O)c1cc(N)cnc1Oc1ccc(F)c(F)c1. The van der Waals surface area contributed by atoms with E-state index in [1.165, 1.54) is 18.3 Å². The summed E-state index contributed by atoms with van der Waals surface area (Å²) >= 11 is 0. The minimum atomic E-state index is -1.07. The normalized spacial score (nSPS) is 10.2. The number of anilines is 1. The second-order valence-corrected chi connectivity index (χ2v) is 4.02. The van der Waals surface area contributed by atoms with Gasteiger partial charge < -0.3 is 15.2 Å². The van der Waals surface area contributed by atoms with Gasteiger partial charge in [0.05, 0.1) is 18.5 Å². The Morgan fingerprint density at radius 3 is 2.71 bits per heavy atom. The summed E-state index contributed by atoms with van der Waals surface area (Å²) < 4.78 is 36.1. The van der Waals surface area contributed by atoms with E-state index in [9.17, 15) is 13.6 Å². The van der Waals surface area contributed by atoms with E-state index < -0.39 is 17.6 Å². The molecule has 2 rings (SSSR count). The summed E-state index contributed by atoms with van der Waals surface area (Å²) in [7, 11) is 0. The van der Waals surface area contributed by atoms with Gasteiger partial charge in [-0.05, 0) is 25.1 Å². The number of benzene rings is 1. The zero-order chi connectivity index (χ0) is 15.4. The number of aromatic nitrogens is 1. The number of pyridine rings is 1. The molecule has 5 nitrogen and oxygen atoms in total. The van der Waals surface area contributed by atoms with Crippen molar-refractivity contribution in [2.45, 2.75) is 6.92 Å². The molecular formula is C14H12F2N2O3. The fourth-order valence-corrected chi connectivity index (χ4v) is 1.56. The van der Waals surface area contributed by atoms with Crippen molar-refractivity contribution in [1.82, 2.24) is 4.98 Å². The molecule has 7 heteroatoms. The fourth-order valence-electron chi connectivity index (χ4n) is 1.56. The van der Waals surface area contributed by atoms with Crippen molar-refractivity contribution in [1.29, 1.82) is 0 Å². The summed E-state index contributed by atoms with van der Waals surface area (Å²) in [5.41, 5.74) is 5.81. The molecule has 0 aliphatic heterocycles. The van der Waals surface area contributed by atoms with Gasteiger partial charge in [0, 0.05) is 6.07 Å². The van der Waals surface area contributed by atoms with Gasteiger partial charge in [0.25, 0.3) is 0 Å². The molecule has 2 N–H and O–H groups in total. The van der Waals surface area contributed by atoms with Gasteiger partial charge in [0.1, 0.15) is 11.3 Å². The van der Waals surface area contributed by atoms with Crippen LogP contribution in [0, 0.1) is 11.6 Å². The highest BCUT2D eigenvalue weighted by Gasteiger charge is 2.17. The third-order valence-electron chi connectivity index (χ3n) is 2.47. The van der Waals surface area contributed by atoms with Crippen LogP contribution in [0.3, 0.4) is 0 Å². The van der Waals surface area contributed by atoms with Crippen LogP contribution in [-0.2, 0) is 4.74 Å². The fraction of sp³-hybridized carbons (Fsp3) is 0.143. The largest absolute Gasteiger partial charge is 0.462 e. The summed E-state index contributed by atoms with van der Waals surface area (Å²) in [5, 5.41) is 0. The van der Waals surface area contributed by atoms with Gasteiger partial charge in [-0.1, -0.05) is 0 Å². The number of hydrogen-bond acceptors (Lipinski definition) is 5. The Kier molecular flexibility index (Phi) is 4.32. The van der Waals surface area contributed by atoms with Crippen LogP contribution in [0.15, 0.2) is 30.5 Å². The molecule has 0 aliphatic rings. The molecule has 110 valence electrons. The van der Waals surface area contributed by atoms with E-state index in [0.717, 1.165) is 12.1 Å². The Balaban J connectivity index is 2.34. The summed E-state index contributed by atoms with van der Waals surface area (Å²) in [6.07, 6.45) is 1.28. The van der Waals surface area contributed by atoms with Crippen LogP contribution in [0.5, 0.6) is 11.6 Å². The van der Waals surface area contributed by atoms with Crippen molar-refractivity contribution in [2.75, 3.05) is 12.3 Å². The third kappa shape index (κ3) is 3.44. The number of halogens is 2. The molecule has 1 heterocycles. The maximum atomic E-state index is 13.1. The first-order valence-electron chi connectivity index (χ1n) is 6.06. The summed E-state index contributed by atoms with van der Waals surface area (Å²) in [6, 6.07) is 4.31. The predicted octanol–water partition coefficient (Wildman–Crippen LogP) is 2.91. The molecule has 0 saturated heterocycles. The number of ether oxygens (including phenoxy) is 2. The van der Waals surface area contributed by atoms with Crippen LogP contribution in [0.2, 0.25) is 0 Å². The molecule has 0 bridgehead atoms. The van der Waals surface area contributed by atoms with Crippen LogP contribution in [0.4, 0.5) is 14.5 Å². The lowest BCUT2D eigenvalue weighted by atomic mass is 10.2. The molecule has 0 atom stereocenters. The van der Waals surface area contributed by atoms with Gasteiger partial charge in [0.15, 0.2) is 11.6 Å². The van der Waals surface area contributed by atoms with Gasteiger partial charge in [-0.15, -0.1) is 0 Å². The maximum absolute atomic E-state index is 13.1. The van der Waals surface area contributed by atoms with Crippen LogP contribution >= 0.6 is 0 Å². The summed E-state index contributed by atoms with van der Waals surface area (Å²) in [5.74, 6) is -2.85. The number of rotatable bonds is 4. The van der Waals surface area contributed by atoms with Crippen LogP contribution in [-0.4, -0.2) is 17.6 Å². The molecule has 0 spiro atoms. The predicted molar refractivity (Wildman–Crippen MR) is 71.0 cm³/mol. The minimum Gasteiger partial charge on any atom is -0.462 e. The molecule has 2 aromatic rings. The quantitative estimate of drug-likeness (QED) is 0.878. The van der Waals surface area contributed by atoms with E-state index in [4.69, 9.17) is 15.2 Å². The highest BCUT2D eigenvalue weighted by molar-refractivity contribution is 5.92. The van der Waals surface area contributed by atoms with Gasteiger partial charge in [-0.25, -0.2) is 18.6 Å². The molecule has 1 aromatic heterocycles. The minimum absolute atomic E-state index is 0.00147. The van der Waals surface area contributed by atoms with E-state index in [0.29, 0.717) is 0 Å². The van der Waals surface area contributed by atoms with E-state index in [1.54, 1.807) is 6.92 Å². The Bertz CT molecular complexity index is 677. The first-order valence-corrected chi connectivity index (χ1v) is 6.06. The highest BCUT2D eigenvalue weighted by atomic mass is 19.2. The zero-order valence-electron chi connectivity index (χ0n) is 11.1. The van der Waals surface area contributed by atoms with Crippen molar-refractivity contribution in [3.8, 4) is 11.6 Å². The molecule has 0 amide bonds. The number of esters is 1. The molecule has 0 fully saturated rings. The second kappa shape index (κ2) is 6.17. The lowest BCUT2D eigenvalue weighted by molar-refractivity contribution is 0.0523. The zero-order valence-corrected chi connectivity index (χ0v) is 11.1. The first kappa shape index (κ1) is 14.7. The van der Waals surface area contributed by atoms with Crippen molar-refractivity contribution >= 4 is 11.7 Å². The van der Waals surface area contributed by atoms with Crippen LogP contribution < -0.4 is 10.5 Å². The van der Waals surface area contributed by atoms with Gasteiger partial charge in [0.2, 0.25) is 5.88 Å². The van der Waals surface area contributed by atoms with Gasteiger partial charge in [-0.3, -0.25) is 0 Å². The smallest absolute Gasteiger partial charge is 0.343 e. The van der Waals surface area contributed by atoms with Crippen molar-refractivity contribution < 1.29 is 23.0 Å². The summed E-state index contributed by atoms with van der Waals surface area (Å²) in [4.78, 5) is 15.7. The number of nitrogens with two attached hydrogens (primary N) is 1. The molecule has 1 aromatic carbocycles. The number of hydrogen-bond donors (Lipinski definition) is 1. The molecule has 0 radical (unpaired) electrons. The standard InChI is InChI=1S/C14H12F2N2O3/c1-2-20-14(19)10-5-8(17)7-18-13(10)21-9-3-4-11(15)12(16)6-9/h3-7H,2,17H2,1H3. The van der Waals surface area contributed by atoms with Crippen LogP contribution in [0.1, 0.15) is 17.3 Å². The van der Waals surface area contributed by atoms with E-state index in [1.807, 2.05) is 0 Å². The Morgan fingerprint density at radius 1 is 1.29 bits per heavy atom. The number of nitrogen functional groups attached to an aromatic ring is 1. The molecular weight excluding hydrogens is 282 g/mol. The van der Waals surface area contributed by atoms with Crippen molar-refractivity contribution in [2.24, 2.45) is 0 Å². The van der Waals surface area contributed by atoms with Gasteiger partial charge >= 0.3 is 5.97 Å². The lowest BCUT2D eigenvalue weighted by Crippen LogP contribution is -2.08. The number of carbonyl (C=O) groups is 1. The first-order chi connectivity index (χ1) is 10.0. The van der Waals surface area contributed by atoms with Gasteiger partial charge in [-0.2, -0.15) is 0 Å². The number of carbonyl (C=O) groups excluding carboxylic acids is 1. The molecule has 0 saturated carbocycles. The Labute approximate surface area is 119 Å². The lowest BCUT2D eigenvalue weighted by Gasteiger charge is -2.10. The third-order valence-corrected chi connectivity index (χ3v) is 2.47. The average molecular weight is 294 g/mol. The monoisotopic (exact) mass is 294 g/mol.